The van der Waals surface area contributed by atoms with Crippen molar-refractivity contribution in [1.29, 1.82) is 0 Å². The minimum Gasteiger partial charge on any atom is -1.00 e. The molecule has 1 aliphatic rings. The standard InChI is InChI=1S/C16H23O6.BrH.Hg/c1-2-15-14-16(3-1)22-13-11-20-9-7-18-5-4-17-6-8-19-10-12-21-15;;/h1-3H,4-13H2;1H;/q;;+1/p-1. The van der Waals surface area contributed by atoms with E-state index in [0.717, 1.165) is 0 Å². The maximum Gasteiger partial charge on any atom is 1.00 e. The molecule has 24 heavy (non-hydrogen) atoms. The number of hydrogen-bond donors (Lipinski definition) is 0. The van der Waals surface area contributed by atoms with Crippen molar-refractivity contribution in [3.05, 3.63) is 24.3 Å². The first-order chi connectivity index (χ1) is 10.9. The van der Waals surface area contributed by atoms with Gasteiger partial charge in [-0.2, -0.15) is 0 Å². The van der Waals surface area contributed by atoms with Crippen LogP contribution in [0.15, 0.2) is 18.2 Å². The molecule has 0 aromatic heterocycles. The topological polar surface area (TPSA) is 55.4 Å². The molecular weight excluding hydrogens is 569 g/mol. The van der Waals surface area contributed by atoms with Crippen molar-refractivity contribution in [1.82, 2.24) is 0 Å². The second-order valence-corrected chi connectivity index (χ2v) is 4.53. The van der Waals surface area contributed by atoms with Crippen molar-refractivity contribution in [2.24, 2.45) is 0 Å². The van der Waals surface area contributed by atoms with Gasteiger partial charge in [0.2, 0.25) is 0 Å². The monoisotopic (exact) mass is 592 g/mol. The molecule has 8 heteroatoms. The van der Waals surface area contributed by atoms with Crippen molar-refractivity contribution >= 4 is 0 Å². The first-order valence-corrected chi connectivity index (χ1v) is 7.54. The van der Waals surface area contributed by atoms with Gasteiger partial charge in [-0.1, -0.05) is 6.07 Å². The molecule has 6 nitrogen and oxygen atoms in total. The van der Waals surface area contributed by atoms with Gasteiger partial charge in [-0.3, -0.25) is 0 Å². The van der Waals surface area contributed by atoms with Gasteiger partial charge in [0.25, 0.3) is 0 Å². The van der Waals surface area contributed by atoms with Crippen LogP contribution in [-0.2, 0) is 46.6 Å². The van der Waals surface area contributed by atoms with Crippen LogP contribution < -0.4 is 26.5 Å². The van der Waals surface area contributed by atoms with Gasteiger partial charge < -0.3 is 45.4 Å². The Labute approximate surface area is 174 Å². The number of rotatable bonds is 0. The number of halogens is 1. The molecule has 0 saturated carbocycles. The van der Waals surface area contributed by atoms with Crippen LogP contribution in [0.1, 0.15) is 0 Å². The van der Waals surface area contributed by atoms with Crippen molar-refractivity contribution < 1.29 is 73.1 Å². The van der Waals surface area contributed by atoms with E-state index < -0.39 is 0 Å². The molecule has 0 aliphatic carbocycles. The Hall–Kier alpha value is 0.0751. The molecule has 0 fully saturated rings. The summed E-state index contributed by atoms with van der Waals surface area (Å²) in [5.41, 5.74) is 0. The van der Waals surface area contributed by atoms with E-state index in [4.69, 9.17) is 28.4 Å². The van der Waals surface area contributed by atoms with Crippen LogP contribution in [-0.4, -0.2) is 66.1 Å². The van der Waals surface area contributed by atoms with Gasteiger partial charge in [-0.25, -0.2) is 0 Å². The molecule has 1 aromatic rings. The molecule has 132 valence electrons. The van der Waals surface area contributed by atoms with Crippen molar-refractivity contribution in [2.75, 3.05) is 66.1 Å². The molecular formula is C16H23BrHgO6. The van der Waals surface area contributed by atoms with Gasteiger partial charge in [-0.05, 0) is 12.1 Å². The number of benzene rings is 1. The Kier molecular flexibility index (Phi) is 16.6. The molecule has 1 aliphatic heterocycles. The summed E-state index contributed by atoms with van der Waals surface area (Å²) in [7, 11) is 0. The van der Waals surface area contributed by atoms with Gasteiger partial charge in [0.15, 0.2) is 0 Å². The van der Waals surface area contributed by atoms with Gasteiger partial charge in [0.05, 0.1) is 58.9 Å². The predicted molar refractivity (Wildman–Crippen MR) is 79.5 cm³/mol. The van der Waals surface area contributed by atoms with Gasteiger partial charge in [-0.15, -0.1) is 0 Å². The molecule has 0 amide bonds. The Morgan fingerprint density at radius 3 is 1.29 bits per heavy atom. The summed E-state index contributed by atoms with van der Waals surface area (Å²) < 4.78 is 32.7. The fourth-order valence-electron chi connectivity index (χ4n) is 1.78. The smallest absolute Gasteiger partial charge is 1.00 e. The first kappa shape index (κ1) is 24.1. The van der Waals surface area contributed by atoms with Gasteiger partial charge in [0.1, 0.15) is 24.7 Å². The van der Waals surface area contributed by atoms with Crippen LogP contribution in [0, 0.1) is 6.07 Å². The zero-order chi connectivity index (χ0) is 15.3. The van der Waals surface area contributed by atoms with E-state index in [0.29, 0.717) is 77.6 Å². The molecule has 2 rings (SSSR count). The van der Waals surface area contributed by atoms with Gasteiger partial charge in [0, 0.05) is 0 Å². The Morgan fingerprint density at radius 1 is 0.583 bits per heavy atom. The van der Waals surface area contributed by atoms with E-state index in [9.17, 15) is 0 Å². The molecule has 2 radical (unpaired) electrons. The minimum atomic E-state index is 0. The fourth-order valence-corrected chi connectivity index (χ4v) is 1.78. The Morgan fingerprint density at radius 2 is 0.917 bits per heavy atom. The first-order valence-electron chi connectivity index (χ1n) is 7.54. The zero-order valence-corrected chi connectivity index (χ0v) is 20.9. The van der Waals surface area contributed by atoms with Crippen molar-refractivity contribution in [2.45, 2.75) is 0 Å². The summed E-state index contributed by atoms with van der Waals surface area (Å²) in [5, 5.41) is 0. The molecule has 1 aromatic carbocycles. The summed E-state index contributed by atoms with van der Waals surface area (Å²) in [6.07, 6.45) is 0. The van der Waals surface area contributed by atoms with Crippen LogP contribution in [0.3, 0.4) is 0 Å². The summed E-state index contributed by atoms with van der Waals surface area (Å²) in [6, 6.07) is 8.60. The maximum atomic E-state index is 5.56. The van der Waals surface area contributed by atoms with Crippen LogP contribution in [0.5, 0.6) is 11.5 Å². The summed E-state index contributed by atoms with van der Waals surface area (Å²) in [6.45, 7) is 5.24. The molecule has 0 atom stereocenters. The quantitative estimate of drug-likeness (QED) is 0.337. The van der Waals surface area contributed by atoms with E-state index in [-0.39, 0.29) is 44.7 Å². The third kappa shape index (κ3) is 11.6. The van der Waals surface area contributed by atoms with Crippen molar-refractivity contribution in [3.63, 3.8) is 0 Å². The molecule has 2 bridgehead atoms. The molecule has 1 heterocycles. The van der Waals surface area contributed by atoms with E-state index in [1.165, 1.54) is 0 Å². The summed E-state index contributed by atoms with van der Waals surface area (Å²) in [4.78, 5) is 0. The average molecular weight is 592 g/mol. The van der Waals surface area contributed by atoms with Crippen LogP contribution in [0.25, 0.3) is 0 Å². The van der Waals surface area contributed by atoms with E-state index >= 15 is 0 Å². The molecule has 0 spiro atoms. The molecule has 0 unspecified atom stereocenters. The number of fused-ring (bicyclic) bond motifs is 2. The van der Waals surface area contributed by atoms with Crippen LogP contribution >= 0.6 is 0 Å². The van der Waals surface area contributed by atoms with E-state index in [1.54, 1.807) is 0 Å². The second kappa shape index (κ2) is 16.5. The average Bonchev–Trinajstić information content (AvgIpc) is 2.54. The van der Waals surface area contributed by atoms with E-state index in [1.807, 2.05) is 18.2 Å². The van der Waals surface area contributed by atoms with Gasteiger partial charge >= 0.3 is 27.7 Å². The van der Waals surface area contributed by atoms with E-state index in [2.05, 4.69) is 6.07 Å². The SMILES string of the molecule is [Br-].[Hg+].[c]1c2cccc1OCCOCCOCCOCCOCCO2. The largest absolute Gasteiger partial charge is 1.00 e. The summed E-state index contributed by atoms with van der Waals surface area (Å²) in [5.74, 6) is 1.29. The fraction of sp³-hybridized carbons (Fsp3) is 0.625. The third-order valence-corrected chi connectivity index (χ3v) is 2.83. The number of ether oxygens (including phenoxy) is 6. The minimum absolute atomic E-state index is 0. The third-order valence-electron chi connectivity index (χ3n) is 2.83. The number of hydrogen-bond acceptors (Lipinski definition) is 6. The second-order valence-electron chi connectivity index (χ2n) is 4.53. The van der Waals surface area contributed by atoms with Crippen LogP contribution in [0.4, 0.5) is 0 Å². The summed E-state index contributed by atoms with van der Waals surface area (Å²) >= 11 is 0. The maximum absolute atomic E-state index is 5.56. The Bertz CT molecular complexity index is 377. The molecule has 0 N–H and O–H groups in total. The normalized spacial score (nSPS) is 18.2. The predicted octanol–water partition coefficient (Wildman–Crippen LogP) is -1.67. The Balaban J connectivity index is 0.00000264. The van der Waals surface area contributed by atoms with Crippen molar-refractivity contribution in [3.8, 4) is 11.5 Å². The zero-order valence-electron chi connectivity index (χ0n) is 13.8. The van der Waals surface area contributed by atoms with Crippen LogP contribution in [0.2, 0.25) is 0 Å². The molecule has 0 saturated heterocycles.